The van der Waals surface area contributed by atoms with Gasteiger partial charge in [-0.1, -0.05) is 31.5 Å². The third-order valence-corrected chi connectivity index (χ3v) is 4.60. The van der Waals surface area contributed by atoms with Crippen LogP contribution in [-0.4, -0.2) is 25.3 Å². The van der Waals surface area contributed by atoms with E-state index in [4.69, 9.17) is 16.3 Å². The van der Waals surface area contributed by atoms with Crippen molar-refractivity contribution in [3.63, 3.8) is 0 Å². The quantitative estimate of drug-likeness (QED) is 0.892. The van der Waals surface area contributed by atoms with Crippen LogP contribution in [0.25, 0.3) is 0 Å². The summed E-state index contributed by atoms with van der Waals surface area (Å²) < 4.78 is 18.9. The number of rotatable bonds is 5. The number of nitrogens with one attached hydrogen (secondary N) is 1. The zero-order valence-electron chi connectivity index (χ0n) is 12.4. The second kappa shape index (κ2) is 6.42. The second-order valence-corrected chi connectivity index (χ2v) is 6.48. The highest BCUT2D eigenvalue weighted by Crippen LogP contribution is 2.39. The van der Waals surface area contributed by atoms with E-state index < -0.39 is 0 Å². The number of halogens is 2. The summed E-state index contributed by atoms with van der Waals surface area (Å²) in [6.07, 6.45) is 1.99. The largest absolute Gasteiger partial charge is 0.378 e. The molecule has 0 spiro atoms. The minimum atomic E-state index is -0.288. The molecule has 4 heteroatoms. The first-order valence-electron chi connectivity index (χ1n) is 7.22. The smallest absolute Gasteiger partial charge is 0.124 e. The monoisotopic (exact) mass is 299 g/mol. The Morgan fingerprint density at radius 1 is 1.50 bits per heavy atom. The molecule has 112 valence electrons. The first-order chi connectivity index (χ1) is 9.43. The molecule has 1 aliphatic rings. The maximum atomic E-state index is 13.2. The Labute approximate surface area is 125 Å². The van der Waals surface area contributed by atoms with Crippen LogP contribution in [0.3, 0.4) is 0 Å². The van der Waals surface area contributed by atoms with Crippen molar-refractivity contribution in [3.8, 4) is 0 Å². The standard InChI is InChI=1S/C16H23ClFNO/c1-11(2)19-10-16(6-7-20-12(16)3)9-13-4-5-14(18)8-15(13)17/h4-5,8,11-12,19H,6-7,9-10H2,1-3H3. The highest BCUT2D eigenvalue weighted by Gasteiger charge is 2.41. The molecule has 1 aromatic rings. The van der Waals surface area contributed by atoms with E-state index in [0.29, 0.717) is 11.1 Å². The van der Waals surface area contributed by atoms with Crippen LogP contribution >= 0.6 is 11.6 Å². The van der Waals surface area contributed by atoms with Crippen LogP contribution in [0.1, 0.15) is 32.8 Å². The van der Waals surface area contributed by atoms with Gasteiger partial charge in [-0.2, -0.15) is 0 Å². The number of ether oxygens (including phenoxy) is 1. The van der Waals surface area contributed by atoms with Gasteiger partial charge in [-0.15, -0.1) is 0 Å². The van der Waals surface area contributed by atoms with Gasteiger partial charge in [-0.25, -0.2) is 4.39 Å². The highest BCUT2D eigenvalue weighted by atomic mass is 35.5. The van der Waals surface area contributed by atoms with Crippen molar-refractivity contribution < 1.29 is 9.13 Å². The average molecular weight is 300 g/mol. The molecule has 2 rings (SSSR count). The zero-order chi connectivity index (χ0) is 14.8. The van der Waals surface area contributed by atoms with E-state index in [0.717, 1.165) is 31.6 Å². The van der Waals surface area contributed by atoms with Crippen LogP contribution in [0.15, 0.2) is 18.2 Å². The predicted octanol–water partition coefficient (Wildman–Crippen LogP) is 3.81. The van der Waals surface area contributed by atoms with Crippen LogP contribution in [0.5, 0.6) is 0 Å². The molecule has 1 aromatic carbocycles. The lowest BCUT2D eigenvalue weighted by Crippen LogP contribution is -2.43. The average Bonchev–Trinajstić information content (AvgIpc) is 2.73. The van der Waals surface area contributed by atoms with Crippen LogP contribution in [0.4, 0.5) is 4.39 Å². The molecule has 0 aromatic heterocycles. The van der Waals surface area contributed by atoms with Gasteiger partial charge in [0.25, 0.3) is 0 Å². The van der Waals surface area contributed by atoms with E-state index in [1.807, 2.05) is 0 Å². The maximum absolute atomic E-state index is 13.2. The van der Waals surface area contributed by atoms with Gasteiger partial charge in [0.1, 0.15) is 5.82 Å². The SMILES string of the molecule is CC(C)NCC1(Cc2ccc(F)cc2Cl)CCOC1C. The van der Waals surface area contributed by atoms with E-state index in [-0.39, 0.29) is 17.3 Å². The number of benzene rings is 1. The molecular weight excluding hydrogens is 277 g/mol. The Balaban J connectivity index is 2.19. The van der Waals surface area contributed by atoms with Gasteiger partial charge in [0.2, 0.25) is 0 Å². The summed E-state index contributed by atoms with van der Waals surface area (Å²) >= 11 is 6.18. The summed E-state index contributed by atoms with van der Waals surface area (Å²) in [5.41, 5.74) is 1.03. The van der Waals surface area contributed by atoms with Crippen LogP contribution < -0.4 is 5.32 Å². The molecule has 1 aliphatic heterocycles. The van der Waals surface area contributed by atoms with Crippen molar-refractivity contribution in [2.45, 2.75) is 45.8 Å². The zero-order valence-corrected chi connectivity index (χ0v) is 13.1. The molecule has 0 radical (unpaired) electrons. The number of hydrogen-bond donors (Lipinski definition) is 1. The molecule has 1 saturated heterocycles. The first kappa shape index (κ1) is 15.7. The fourth-order valence-electron chi connectivity index (χ4n) is 2.80. The summed E-state index contributed by atoms with van der Waals surface area (Å²) in [6, 6.07) is 5.09. The van der Waals surface area contributed by atoms with Crippen LogP contribution in [0.2, 0.25) is 5.02 Å². The molecule has 1 fully saturated rings. The van der Waals surface area contributed by atoms with Gasteiger partial charge >= 0.3 is 0 Å². The summed E-state index contributed by atoms with van der Waals surface area (Å²) in [5, 5.41) is 4.02. The van der Waals surface area contributed by atoms with Crippen molar-refractivity contribution >= 4 is 11.6 Å². The molecular formula is C16H23ClFNO. The third-order valence-electron chi connectivity index (χ3n) is 4.25. The Bertz CT molecular complexity index is 466. The van der Waals surface area contributed by atoms with Crippen molar-refractivity contribution in [2.75, 3.05) is 13.2 Å². The molecule has 0 amide bonds. The Morgan fingerprint density at radius 3 is 2.80 bits per heavy atom. The van der Waals surface area contributed by atoms with Crippen molar-refractivity contribution in [1.82, 2.24) is 5.32 Å². The summed E-state index contributed by atoms with van der Waals surface area (Å²) in [4.78, 5) is 0. The van der Waals surface area contributed by atoms with Gasteiger partial charge in [0.05, 0.1) is 6.10 Å². The van der Waals surface area contributed by atoms with Gasteiger partial charge in [0.15, 0.2) is 0 Å². The molecule has 2 unspecified atom stereocenters. The fraction of sp³-hybridized carbons (Fsp3) is 0.625. The molecule has 2 nitrogen and oxygen atoms in total. The normalized spacial score (nSPS) is 26.4. The fourth-order valence-corrected chi connectivity index (χ4v) is 3.03. The molecule has 20 heavy (non-hydrogen) atoms. The molecule has 0 aliphatic carbocycles. The van der Waals surface area contributed by atoms with Gasteiger partial charge < -0.3 is 10.1 Å². The summed E-state index contributed by atoms with van der Waals surface area (Å²) in [5.74, 6) is -0.288. The summed E-state index contributed by atoms with van der Waals surface area (Å²) in [6.45, 7) is 8.06. The van der Waals surface area contributed by atoms with Gasteiger partial charge in [-0.05, 0) is 37.5 Å². The van der Waals surface area contributed by atoms with Crippen LogP contribution in [0, 0.1) is 11.2 Å². The lowest BCUT2D eigenvalue weighted by Gasteiger charge is -2.34. The molecule has 1 N–H and O–H groups in total. The molecule has 2 atom stereocenters. The van der Waals surface area contributed by atoms with E-state index >= 15 is 0 Å². The van der Waals surface area contributed by atoms with E-state index in [9.17, 15) is 4.39 Å². The van der Waals surface area contributed by atoms with E-state index in [1.54, 1.807) is 6.07 Å². The predicted molar refractivity (Wildman–Crippen MR) is 80.7 cm³/mol. The Morgan fingerprint density at radius 2 is 2.25 bits per heavy atom. The minimum Gasteiger partial charge on any atom is -0.378 e. The number of hydrogen-bond acceptors (Lipinski definition) is 2. The topological polar surface area (TPSA) is 21.3 Å². The van der Waals surface area contributed by atoms with E-state index in [2.05, 4.69) is 26.1 Å². The third kappa shape index (κ3) is 3.51. The second-order valence-electron chi connectivity index (χ2n) is 6.07. The lowest BCUT2D eigenvalue weighted by atomic mass is 9.76. The van der Waals surface area contributed by atoms with Crippen molar-refractivity contribution in [2.24, 2.45) is 5.41 Å². The summed E-state index contributed by atoms with van der Waals surface area (Å²) in [7, 11) is 0. The Kier molecular flexibility index (Phi) is 5.05. The minimum absolute atomic E-state index is 0.0335. The van der Waals surface area contributed by atoms with Crippen molar-refractivity contribution in [3.05, 3.63) is 34.6 Å². The lowest BCUT2D eigenvalue weighted by molar-refractivity contribution is 0.0621. The Hall–Kier alpha value is -0.640. The van der Waals surface area contributed by atoms with Gasteiger partial charge in [0, 0.05) is 29.6 Å². The van der Waals surface area contributed by atoms with Crippen molar-refractivity contribution in [1.29, 1.82) is 0 Å². The van der Waals surface area contributed by atoms with Gasteiger partial charge in [-0.3, -0.25) is 0 Å². The highest BCUT2D eigenvalue weighted by molar-refractivity contribution is 6.31. The maximum Gasteiger partial charge on any atom is 0.124 e. The first-order valence-corrected chi connectivity index (χ1v) is 7.60. The molecule has 0 bridgehead atoms. The molecule has 0 saturated carbocycles. The van der Waals surface area contributed by atoms with E-state index in [1.165, 1.54) is 12.1 Å². The molecule has 1 heterocycles. The van der Waals surface area contributed by atoms with Crippen LogP contribution in [-0.2, 0) is 11.2 Å².